The van der Waals surface area contributed by atoms with Gasteiger partial charge in [0.25, 0.3) is 5.91 Å². The summed E-state index contributed by atoms with van der Waals surface area (Å²) in [7, 11) is 0. The number of rotatable bonds is 4. The van der Waals surface area contributed by atoms with Gasteiger partial charge in [0.15, 0.2) is 5.78 Å². The molecule has 1 aliphatic heterocycles. The van der Waals surface area contributed by atoms with Crippen molar-refractivity contribution in [3.05, 3.63) is 102 Å². The number of ether oxygens (including phenoxy) is 1. The Labute approximate surface area is 200 Å². The Bertz CT molecular complexity index is 1440. The van der Waals surface area contributed by atoms with Crippen molar-refractivity contribution < 1.29 is 18.7 Å². The fourth-order valence-electron chi connectivity index (χ4n) is 4.00. The molecule has 1 atom stereocenters. The largest absolute Gasteiger partial charge is 0.457 e. The highest BCUT2D eigenvalue weighted by Crippen LogP contribution is 2.30. The number of amides is 1. The van der Waals surface area contributed by atoms with Crippen LogP contribution in [0.1, 0.15) is 23.5 Å². The van der Waals surface area contributed by atoms with Crippen molar-refractivity contribution in [3.8, 4) is 11.5 Å². The number of benzene rings is 3. The summed E-state index contributed by atoms with van der Waals surface area (Å²) in [5.41, 5.74) is 1.66. The number of ketones is 1. The van der Waals surface area contributed by atoms with Crippen molar-refractivity contribution in [2.45, 2.75) is 12.3 Å². The highest BCUT2D eigenvalue weighted by Gasteiger charge is 2.31. The number of para-hydroxylation sites is 2. The van der Waals surface area contributed by atoms with E-state index in [1.54, 1.807) is 30.5 Å². The molecule has 1 aliphatic rings. The zero-order valence-electron chi connectivity index (χ0n) is 17.9. The average Bonchev–Trinajstić information content (AvgIpc) is 3.22. The summed E-state index contributed by atoms with van der Waals surface area (Å²) in [5.74, 6) is -0.389. The van der Waals surface area contributed by atoms with Crippen LogP contribution >= 0.6 is 12.2 Å². The van der Waals surface area contributed by atoms with Gasteiger partial charge in [-0.2, -0.15) is 0 Å². The number of aromatic amines is 1. The van der Waals surface area contributed by atoms with E-state index < -0.39 is 17.6 Å². The molecule has 0 spiro atoms. The van der Waals surface area contributed by atoms with E-state index >= 15 is 0 Å². The van der Waals surface area contributed by atoms with Gasteiger partial charge in [-0.3, -0.25) is 9.59 Å². The van der Waals surface area contributed by atoms with E-state index in [4.69, 9.17) is 17.0 Å². The van der Waals surface area contributed by atoms with E-state index in [0.717, 1.165) is 11.3 Å². The van der Waals surface area contributed by atoms with Crippen LogP contribution in [0.25, 0.3) is 17.0 Å². The summed E-state index contributed by atoms with van der Waals surface area (Å²) in [6.45, 7) is 0. The lowest BCUT2D eigenvalue weighted by molar-refractivity contribution is -0.121. The predicted molar refractivity (Wildman–Crippen MR) is 132 cm³/mol. The number of hydrogen-bond acceptors (Lipinski definition) is 4. The Kier molecular flexibility index (Phi) is 5.77. The number of hydrogen-bond donors (Lipinski definition) is 2. The maximum absolute atomic E-state index is 14.0. The summed E-state index contributed by atoms with van der Waals surface area (Å²) in [6, 6.07) is 21.4. The van der Waals surface area contributed by atoms with E-state index in [-0.39, 0.29) is 22.8 Å². The molecule has 3 aromatic carbocycles. The molecule has 34 heavy (non-hydrogen) atoms. The monoisotopic (exact) mass is 470 g/mol. The maximum atomic E-state index is 14.0. The molecule has 1 amide bonds. The Balaban J connectivity index is 1.40. The SMILES string of the molecule is O=C1CC(c2ccc(Oc3ccccc3)cc2)C(=S)NC(=O)/C1=C\c1c[nH]c2c(F)cccc12. The van der Waals surface area contributed by atoms with Gasteiger partial charge >= 0.3 is 0 Å². The highest BCUT2D eigenvalue weighted by atomic mass is 32.1. The Hall–Kier alpha value is -4.10. The van der Waals surface area contributed by atoms with Gasteiger partial charge in [-0.1, -0.05) is 54.7 Å². The minimum atomic E-state index is -0.563. The first-order valence-electron chi connectivity index (χ1n) is 10.7. The number of halogens is 1. The van der Waals surface area contributed by atoms with Gasteiger partial charge < -0.3 is 15.0 Å². The summed E-state index contributed by atoms with van der Waals surface area (Å²) in [5, 5.41) is 3.27. The molecule has 1 fully saturated rings. The Morgan fingerprint density at radius 1 is 0.941 bits per heavy atom. The maximum Gasteiger partial charge on any atom is 0.259 e. The number of fused-ring (bicyclic) bond motifs is 1. The number of nitrogens with one attached hydrogen (secondary N) is 2. The first-order valence-corrected chi connectivity index (χ1v) is 11.1. The molecule has 0 bridgehead atoms. The van der Waals surface area contributed by atoms with Crippen LogP contribution in [0.2, 0.25) is 0 Å². The third-order valence-corrected chi connectivity index (χ3v) is 6.13. The number of carbonyl (C=O) groups excluding carboxylic acids is 2. The van der Waals surface area contributed by atoms with Gasteiger partial charge in [0.05, 0.1) is 16.1 Å². The lowest BCUT2D eigenvalue weighted by atomic mass is 9.92. The molecule has 0 radical (unpaired) electrons. The molecule has 1 saturated heterocycles. The Morgan fingerprint density at radius 3 is 2.44 bits per heavy atom. The quantitative estimate of drug-likeness (QED) is 0.229. The third-order valence-electron chi connectivity index (χ3n) is 5.75. The van der Waals surface area contributed by atoms with Gasteiger partial charge in [0, 0.05) is 29.5 Å². The van der Waals surface area contributed by atoms with Crippen molar-refractivity contribution >= 4 is 45.9 Å². The van der Waals surface area contributed by atoms with Gasteiger partial charge in [-0.15, -0.1) is 0 Å². The molecule has 0 saturated carbocycles. The van der Waals surface area contributed by atoms with E-state index in [1.165, 1.54) is 12.1 Å². The van der Waals surface area contributed by atoms with Crippen LogP contribution in [0.5, 0.6) is 11.5 Å². The van der Waals surface area contributed by atoms with Crippen LogP contribution in [0, 0.1) is 5.82 Å². The average molecular weight is 471 g/mol. The molecule has 5 nitrogen and oxygen atoms in total. The van der Waals surface area contributed by atoms with Crippen molar-refractivity contribution in [2.75, 3.05) is 0 Å². The minimum Gasteiger partial charge on any atom is -0.457 e. The molecular weight excluding hydrogens is 451 g/mol. The number of thiocarbonyl (C=S) groups is 1. The number of Topliss-reactive ketones (excluding diaryl/α,β-unsaturated/α-hetero) is 1. The number of carbonyl (C=O) groups is 2. The fraction of sp³-hybridized carbons (Fsp3) is 0.0741. The molecule has 7 heteroatoms. The van der Waals surface area contributed by atoms with Crippen molar-refractivity contribution in [1.29, 1.82) is 0 Å². The molecule has 4 aromatic rings. The molecule has 168 valence electrons. The van der Waals surface area contributed by atoms with Crippen LogP contribution < -0.4 is 10.1 Å². The summed E-state index contributed by atoms with van der Waals surface area (Å²) in [4.78, 5) is 29.0. The molecule has 2 heterocycles. The van der Waals surface area contributed by atoms with Gasteiger partial charge in [-0.05, 0) is 42.0 Å². The zero-order valence-corrected chi connectivity index (χ0v) is 18.7. The normalized spacial score (nSPS) is 17.6. The second kappa shape index (κ2) is 9.03. The standard InChI is InChI=1S/C27H19FN2O3S/c28-23-8-4-7-20-17(15-29-25(20)23)13-22-24(31)14-21(27(34)30-26(22)32)16-9-11-19(12-10-16)33-18-5-2-1-3-6-18/h1-13,15,21,29H,14H2,(H,30,32,34)/b22-13-. The minimum absolute atomic E-state index is 0.0148. The molecule has 1 unspecified atom stereocenters. The topological polar surface area (TPSA) is 71.2 Å². The molecule has 1 aromatic heterocycles. The number of H-pyrrole nitrogens is 1. The molecule has 5 rings (SSSR count). The zero-order chi connectivity index (χ0) is 23.7. The van der Waals surface area contributed by atoms with Crippen molar-refractivity contribution in [3.63, 3.8) is 0 Å². The van der Waals surface area contributed by atoms with Gasteiger partial charge in [-0.25, -0.2) is 4.39 Å². The summed E-state index contributed by atoms with van der Waals surface area (Å²) in [6.07, 6.45) is 3.10. The van der Waals surface area contributed by atoms with Crippen molar-refractivity contribution in [1.82, 2.24) is 10.3 Å². The highest BCUT2D eigenvalue weighted by molar-refractivity contribution is 7.80. The van der Waals surface area contributed by atoms with Crippen LogP contribution in [0.4, 0.5) is 4.39 Å². The lowest BCUT2D eigenvalue weighted by Gasteiger charge is -2.15. The third kappa shape index (κ3) is 4.25. The summed E-state index contributed by atoms with van der Waals surface area (Å²) >= 11 is 5.46. The van der Waals surface area contributed by atoms with Crippen LogP contribution in [0.3, 0.4) is 0 Å². The van der Waals surface area contributed by atoms with Gasteiger partial charge in [0.1, 0.15) is 17.3 Å². The van der Waals surface area contributed by atoms with E-state index in [0.29, 0.717) is 22.2 Å². The van der Waals surface area contributed by atoms with E-state index in [2.05, 4.69) is 10.3 Å². The second-order valence-corrected chi connectivity index (χ2v) is 8.39. The van der Waals surface area contributed by atoms with Crippen molar-refractivity contribution in [2.24, 2.45) is 0 Å². The first kappa shape index (κ1) is 21.7. The van der Waals surface area contributed by atoms with Crippen LogP contribution in [-0.2, 0) is 9.59 Å². The Morgan fingerprint density at radius 2 is 1.68 bits per heavy atom. The fourth-order valence-corrected chi connectivity index (χ4v) is 4.32. The van der Waals surface area contributed by atoms with Crippen LogP contribution in [-0.4, -0.2) is 21.7 Å². The van der Waals surface area contributed by atoms with E-state index in [1.807, 2.05) is 42.5 Å². The van der Waals surface area contributed by atoms with E-state index in [9.17, 15) is 14.0 Å². The predicted octanol–water partition coefficient (Wildman–Crippen LogP) is 5.68. The smallest absolute Gasteiger partial charge is 0.259 e. The molecular formula is C27H19FN2O3S. The molecule has 2 N–H and O–H groups in total. The second-order valence-electron chi connectivity index (χ2n) is 7.95. The number of aromatic nitrogens is 1. The first-order chi connectivity index (χ1) is 16.5. The summed E-state index contributed by atoms with van der Waals surface area (Å²) < 4.78 is 19.8. The van der Waals surface area contributed by atoms with Gasteiger partial charge in [0.2, 0.25) is 0 Å². The molecule has 0 aliphatic carbocycles. The lowest BCUT2D eigenvalue weighted by Crippen LogP contribution is -2.31. The van der Waals surface area contributed by atoms with Crippen LogP contribution in [0.15, 0.2) is 84.6 Å².